The van der Waals surface area contributed by atoms with Crippen LogP contribution in [0.1, 0.15) is 39.7 Å². The highest BCUT2D eigenvalue weighted by molar-refractivity contribution is 7.96. The Bertz CT molecular complexity index is 824. The summed E-state index contributed by atoms with van der Waals surface area (Å²) in [7, 11) is -7.13. The zero-order valence-corrected chi connectivity index (χ0v) is 18.2. The largest absolute Gasteiger partial charge is 0.382 e. The molecular formula is C19H31NO5S2. The van der Waals surface area contributed by atoms with Gasteiger partial charge in [-0.25, -0.2) is 16.8 Å². The lowest BCUT2D eigenvalue weighted by Gasteiger charge is -2.22. The van der Waals surface area contributed by atoms with Gasteiger partial charge in [-0.1, -0.05) is 32.9 Å². The Balaban J connectivity index is 2.18. The Labute approximate surface area is 163 Å². The van der Waals surface area contributed by atoms with Crippen molar-refractivity contribution in [3.8, 4) is 0 Å². The fourth-order valence-corrected chi connectivity index (χ4v) is 7.95. The van der Waals surface area contributed by atoms with E-state index in [1.54, 1.807) is 24.3 Å². The minimum Gasteiger partial charge on any atom is -0.382 e. The SMILES string of the molecule is CCOCCCN[C@H]1CS(=O)(=O)C[C@@H]1S(=O)(=O)c1ccc(C(C)(C)C)cc1. The van der Waals surface area contributed by atoms with E-state index in [-0.39, 0.29) is 21.8 Å². The molecule has 1 N–H and O–H groups in total. The molecule has 1 heterocycles. The summed E-state index contributed by atoms with van der Waals surface area (Å²) in [6.45, 7) is 9.79. The van der Waals surface area contributed by atoms with Crippen LogP contribution in [0.15, 0.2) is 29.2 Å². The summed E-state index contributed by atoms with van der Waals surface area (Å²) in [6, 6.07) is 6.20. The molecule has 0 saturated carbocycles. The summed E-state index contributed by atoms with van der Waals surface area (Å²) in [5.74, 6) is -0.481. The third kappa shape index (κ3) is 5.76. The second-order valence-corrected chi connectivity index (χ2v) is 12.4. The molecule has 2 rings (SSSR count). The Morgan fingerprint density at radius 1 is 1.15 bits per heavy atom. The lowest BCUT2D eigenvalue weighted by molar-refractivity contribution is 0.144. The number of nitrogens with one attached hydrogen (secondary N) is 1. The van der Waals surface area contributed by atoms with Crippen LogP contribution in [0.5, 0.6) is 0 Å². The van der Waals surface area contributed by atoms with Crippen molar-refractivity contribution < 1.29 is 21.6 Å². The van der Waals surface area contributed by atoms with Crippen LogP contribution in [0.25, 0.3) is 0 Å². The van der Waals surface area contributed by atoms with Crippen molar-refractivity contribution >= 4 is 19.7 Å². The average Bonchev–Trinajstić information content (AvgIpc) is 2.89. The molecular weight excluding hydrogens is 386 g/mol. The minimum atomic E-state index is -3.74. The van der Waals surface area contributed by atoms with Crippen LogP contribution < -0.4 is 5.32 Å². The maximum absolute atomic E-state index is 13.1. The van der Waals surface area contributed by atoms with Crippen molar-refractivity contribution in [2.24, 2.45) is 0 Å². The highest BCUT2D eigenvalue weighted by atomic mass is 32.2. The van der Waals surface area contributed by atoms with Crippen LogP contribution in [0.4, 0.5) is 0 Å². The van der Waals surface area contributed by atoms with Gasteiger partial charge < -0.3 is 10.1 Å². The predicted octanol–water partition coefficient (Wildman–Crippen LogP) is 1.94. The number of ether oxygens (including phenoxy) is 1. The van der Waals surface area contributed by atoms with Gasteiger partial charge in [-0.05, 0) is 43.0 Å². The summed E-state index contributed by atoms with van der Waals surface area (Å²) in [6.07, 6.45) is 0.706. The Kier molecular flexibility index (Phi) is 7.11. The van der Waals surface area contributed by atoms with E-state index in [2.05, 4.69) is 26.1 Å². The smallest absolute Gasteiger partial charge is 0.183 e. The molecule has 1 fully saturated rings. The zero-order valence-electron chi connectivity index (χ0n) is 16.6. The van der Waals surface area contributed by atoms with Crippen LogP contribution in [0.2, 0.25) is 0 Å². The van der Waals surface area contributed by atoms with Crippen LogP contribution in [0, 0.1) is 0 Å². The number of sulfone groups is 2. The summed E-state index contributed by atoms with van der Waals surface area (Å²) < 4.78 is 55.7. The molecule has 0 unspecified atom stereocenters. The van der Waals surface area contributed by atoms with Crippen LogP contribution in [-0.4, -0.2) is 59.4 Å². The average molecular weight is 418 g/mol. The molecule has 2 atom stereocenters. The molecule has 27 heavy (non-hydrogen) atoms. The van der Waals surface area contributed by atoms with Crippen molar-refractivity contribution in [3.05, 3.63) is 29.8 Å². The first-order valence-corrected chi connectivity index (χ1v) is 12.7. The quantitative estimate of drug-likeness (QED) is 0.650. The minimum absolute atomic E-state index is 0.0797. The molecule has 1 saturated heterocycles. The maximum Gasteiger partial charge on any atom is 0.183 e. The van der Waals surface area contributed by atoms with Gasteiger partial charge in [-0.2, -0.15) is 0 Å². The van der Waals surface area contributed by atoms with Gasteiger partial charge in [0.1, 0.15) is 0 Å². The maximum atomic E-state index is 13.1. The molecule has 1 aliphatic rings. The predicted molar refractivity (Wildman–Crippen MR) is 108 cm³/mol. The highest BCUT2D eigenvalue weighted by Crippen LogP contribution is 2.28. The van der Waals surface area contributed by atoms with Gasteiger partial charge in [-0.15, -0.1) is 0 Å². The normalized spacial score (nSPS) is 22.8. The molecule has 0 bridgehead atoms. The molecule has 0 aliphatic carbocycles. The van der Waals surface area contributed by atoms with Crippen LogP contribution in [0.3, 0.4) is 0 Å². The van der Waals surface area contributed by atoms with Gasteiger partial charge >= 0.3 is 0 Å². The van der Waals surface area contributed by atoms with Crippen LogP contribution in [-0.2, 0) is 29.8 Å². The number of hydrogen-bond donors (Lipinski definition) is 1. The van der Waals surface area contributed by atoms with Crippen molar-refractivity contribution in [1.29, 1.82) is 0 Å². The molecule has 6 nitrogen and oxygen atoms in total. The van der Waals surface area contributed by atoms with E-state index in [1.165, 1.54) is 0 Å². The molecule has 1 aromatic carbocycles. The first-order valence-electron chi connectivity index (χ1n) is 9.33. The van der Waals surface area contributed by atoms with Gasteiger partial charge in [0.05, 0.1) is 21.7 Å². The van der Waals surface area contributed by atoms with E-state index in [1.807, 2.05) is 6.92 Å². The molecule has 0 aromatic heterocycles. The molecule has 1 aromatic rings. The molecule has 1 aliphatic heterocycles. The standard InChI is InChI=1S/C19H31NO5S2/c1-5-25-12-6-11-20-17-13-26(21,22)14-18(17)27(23,24)16-9-7-15(8-10-16)19(2,3)4/h7-10,17-18,20H,5-6,11-14H2,1-4H3/t17-,18-/m0/s1. The van der Waals surface area contributed by atoms with E-state index in [0.29, 0.717) is 26.2 Å². The fraction of sp³-hybridized carbons (Fsp3) is 0.684. The van der Waals surface area contributed by atoms with Crippen molar-refractivity contribution in [2.45, 2.75) is 55.7 Å². The van der Waals surface area contributed by atoms with E-state index < -0.39 is 31.0 Å². The third-order valence-corrected chi connectivity index (χ3v) is 8.99. The number of hydrogen-bond acceptors (Lipinski definition) is 6. The van der Waals surface area contributed by atoms with Gasteiger partial charge in [-0.3, -0.25) is 0 Å². The summed E-state index contributed by atoms with van der Waals surface area (Å²) in [5.41, 5.74) is 0.954. The van der Waals surface area contributed by atoms with Gasteiger partial charge in [0.15, 0.2) is 19.7 Å². The van der Waals surface area contributed by atoms with E-state index >= 15 is 0 Å². The molecule has 0 spiro atoms. The van der Waals surface area contributed by atoms with E-state index in [9.17, 15) is 16.8 Å². The van der Waals surface area contributed by atoms with Gasteiger partial charge in [0.25, 0.3) is 0 Å². The van der Waals surface area contributed by atoms with Gasteiger partial charge in [0.2, 0.25) is 0 Å². The third-order valence-electron chi connectivity index (χ3n) is 4.82. The second-order valence-electron chi connectivity index (χ2n) is 8.05. The molecule has 8 heteroatoms. The van der Waals surface area contributed by atoms with Crippen molar-refractivity contribution in [1.82, 2.24) is 5.32 Å². The summed E-state index contributed by atoms with van der Waals surface area (Å²) in [5, 5.41) is 2.16. The lowest BCUT2D eigenvalue weighted by atomic mass is 9.87. The zero-order chi connectivity index (χ0) is 20.3. The number of benzene rings is 1. The summed E-state index contributed by atoms with van der Waals surface area (Å²) in [4.78, 5) is 0.179. The first kappa shape index (κ1) is 22.3. The van der Waals surface area contributed by atoms with E-state index in [0.717, 1.165) is 5.56 Å². The molecule has 154 valence electrons. The van der Waals surface area contributed by atoms with Crippen molar-refractivity contribution in [2.75, 3.05) is 31.3 Å². The van der Waals surface area contributed by atoms with Crippen LogP contribution >= 0.6 is 0 Å². The first-order chi connectivity index (χ1) is 12.5. The summed E-state index contributed by atoms with van der Waals surface area (Å²) >= 11 is 0. The molecule has 0 radical (unpaired) electrons. The lowest BCUT2D eigenvalue weighted by Crippen LogP contribution is -2.43. The monoisotopic (exact) mass is 417 g/mol. The Morgan fingerprint density at radius 3 is 2.33 bits per heavy atom. The fourth-order valence-electron chi connectivity index (χ4n) is 3.24. The Morgan fingerprint density at radius 2 is 1.78 bits per heavy atom. The highest BCUT2D eigenvalue weighted by Gasteiger charge is 2.45. The molecule has 0 amide bonds. The van der Waals surface area contributed by atoms with Gasteiger partial charge in [0, 0.05) is 19.3 Å². The Hall–Kier alpha value is -0.960. The second kappa shape index (κ2) is 8.59. The number of rotatable bonds is 8. The van der Waals surface area contributed by atoms with Crippen molar-refractivity contribution in [3.63, 3.8) is 0 Å². The topological polar surface area (TPSA) is 89.5 Å². The van der Waals surface area contributed by atoms with E-state index in [4.69, 9.17) is 4.74 Å².